The topological polar surface area (TPSA) is 9.72 Å². The fourth-order valence-corrected chi connectivity index (χ4v) is 5.58. The van der Waals surface area contributed by atoms with E-state index in [0.29, 0.717) is 0 Å². The average Bonchev–Trinajstić information content (AvgIpc) is 2.85. The standard InChI is InChI=1S/C16H29N3/c1-17-9-13-7-15(8-14(13)10-17)19-5-3-16(4-6-19)11-18(2)12-16/h13-15H,3-12H2,1-2H3. The fraction of sp³-hybridized carbons (Fsp3) is 1.00. The van der Waals surface area contributed by atoms with Crippen LogP contribution in [0.3, 0.4) is 0 Å². The Morgan fingerprint density at radius 1 is 0.842 bits per heavy atom. The summed E-state index contributed by atoms with van der Waals surface area (Å²) in [6, 6.07) is 0.929. The van der Waals surface area contributed by atoms with E-state index in [9.17, 15) is 0 Å². The van der Waals surface area contributed by atoms with Gasteiger partial charge < -0.3 is 14.7 Å². The lowest BCUT2D eigenvalue weighted by Crippen LogP contribution is -2.59. The van der Waals surface area contributed by atoms with E-state index >= 15 is 0 Å². The van der Waals surface area contributed by atoms with Crippen LogP contribution in [-0.2, 0) is 0 Å². The van der Waals surface area contributed by atoms with Crippen molar-refractivity contribution >= 4 is 0 Å². The van der Waals surface area contributed by atoms with E-state index in [1.165, 1.54) is 65.0 Å². The molecule has 0 bridgehead atoms. The van der Waals surface area contributed by atoms with Crippen LogP contribution in [0, 0.1) is 17.3 Å². The zero-order valence-electron chi connectivity index (χ0n) is 12.6. The first kappa shape index (κ1) is 12.6. The molecule has 3 saturated heterocycles. The van der Waals surface area contributed by atoms with E-state index in [2.05, 4.69) is 28.8 Å². The van der Waals surface area contributed by atoms with Gasteiger partial charge in [0.1, 0.15) is 0 Å². The van der Waals surface area contributed by atoms with Gasteiger partial charge in [-0.3, -0.25) is 0 Å². The zero-order valence-corrected chi connectivity index (χ0v) is 12.6. The van der Waals surface area contributed by atoms with Gasteiger partial charge >= 0.3 is 0 Å². The monoisotopic (exact) mass is 263 g/mol. The highest BCUT2D eigenvalue weighted by atomic mass is 15.2. The van der Waals surface area contributed by atoms with Crippen molar-refractivity contribution in [3.63, 3.8) is 0 Å². The van der Waals surface area contributed by atoms with Crippen LogP contribution in [0.15, 0.2) is 0 Å². The Morgan fingerprint density at radius 3 is 1.95 bits per heavy atom. The molecule has 1 aliphatic carbocycles. The summed E-state index contributed by atoms with van der Waals surface area (Å²) in [5.74, 6) is 2.03. The first-order valence-electron chi connectivity index (χ1n) is 8.25. The van der Waals surface area contributed by atoms with E-state index < -0.39 is 0 Å². The van der Waals surface area contributed by atoms with Gasteiger partial charge in [0.25, 0.3) is 0 Å². The number of fused-ring (bicyclic) bond motifs is 1. The lowest BCUT2D eigenvalue weighted by atomic mass is 9.72. The second kappa shape index (κ2) is 4.44. The molecule has 19 heavy (non-hydrogen) atoms. The predicted octanol–water partition coefficient (Wildman–Crippen LogP) is 1.35. The number of nitrogens with zero attached hydrogens (tertiary/aromatic N) is 3. The van der Waals surface area contributed by atoms with Crippen LogP contribution in [0.25, 0.3) is 0 Å². The van der Waals surface area contributed by atoms with Gasteiger partial charge in [-0.25, -0.2) is 0 Å². The first-order valence-corrected chi connectivity index (χ1v) is 8.25. The third-order valence-electron chi connectivity index (χ3n) is 6.49. The molecule has 4 fully saturated rings. The van der Waals surface area contributed by atoms with Crippen molar-refractivity contribution in [2.24, 2.45) is 17.3 Å². The molecular weight excluding hydrogens is 234 g/mol. The Kier molecular flexibility index (Phi) is 2.95. The summed E-state index contributed by atoms with van der Waals surface area (Å²) < 4.78 is 0. The lowest BCUT2D eigenvalue weighted by molar-refractivity contribution is -0.0402. The number of likely N-dealkylation sites (tertiary alicyclic amines) is 3. The van der Waals surface area contributed by atoms with Gasteiger partial charge in [-0.15, -0.1) is 0 Å². The van der Waals surface area contributed by atoms with Gasteiger partial charge in [-0.05, 0) is 70.1 Å². The number of hydrogen-bond acceptors (Lipinski definition) is 3. The van der Waals surface area contributed by atoms with Crippen molar-refractivity contribution in [1.82, 2.24) is 14.7 Å². The normalized spacial score (nSPS) is 43.6. The van der Waals surface area contributed by atoms with E-state index in [1.54, 1.807) is 0 Å². The van der Waals surface area contributed by atoms with Crippen molar-refractivity contribution in [3.05, 3.63) is 0 Å². The molecule has 0 radical (unpaired) electrons. The Balaban J connectivity index is 1.31. The number of hydrogen-bond donors (Lipinski definition) is 0. The summed E-state index contributed by atoms with van der Waals surface area (Å²) in [5, 5.41) is 0. The summed E-state index contributed by atoms with van der Waals surface area (Å²) in [6.07, 6.45) is 5.90. The van der Waals surface area contributed by atoms with Gasteiger partial charge in [-0.2, -0.15) is 0 Å². The molecule has 4 aliphatic rings. The molecule has 3 heterocycles. The van der Waals surface area contributed by atoms with Crippen LogP contribution < -0.4 is 0 Å². The summed E-state index contributed by atoms with van der Waals surface area (Å²) in [6.45, 7) is 8.22. The van der Waals surface area contributed by atoms with Crippen molar-refractivity contribution < 1.29 is 0 Å². The molecule has 0 N–H and O–H groups in total. The molecule has 1 spiro atoms. The molecule has 2 atom stereocenters. The van der Waals surface area contributed by atoms with Crippen molar-refractivity contribution in [1.29, 1.82) is 0 Å². The van der Waals surface area contributed by atoms with E-state index in [-0.39, 0.29) is 0 Å². The number of rotatable bonds is 1. The molecule has 3 nitrogen and oxygen atoms in total. The van der Waals surface area contributed by atoms with Gasteiger partial charge in [0.2, 0.25) is 0 Å². The second-order valence-corrected chi connectivity index (χ2v) is 8.07. The Bertz CT molecular complexity index is 326. The average molecular weight is 263 g/mol. The highest BCUT2D eigenvalue weighted by Gasteiger charge is 2.46. The molecule has 0 aromatic heterocycles. The number of piperidine rings is 1. The third-order valence-corrected chi connectivity index (χ3v) is 6.49. The molecule has 1 saturated carbocycles. The van der Waals surface area contributed by atoms with Gasteiger partial charge in [-0.1, -0.05) is 0 Å². The largest absolute Gasteiger partial charge is 0.306 e. The van der Waals surface area contributed by atoms with E-state index in [0.717, 1.165) is 23.3 Å². The minimum Gasteiger partial charge on any atom is -0.306 e. The van der Waals surface area contributed by atoms with Crippen molar-refractivity contribution in [2.45, 2.75) is 31.7 Å². The summed E-state index contributed by atoms with van der Waals surface area (Å²) in [4.78, 5) is 7.88. The second-order valence-electron chi connectivity index (χ2n) is 8.07. The van der Waals surface area contributed by atoms with Crippen LogP contribution in [0.1, 0.15) is 25.7 Å². The summed E-state index contributed by atoms with van der Waals surface area (Å²) in [7, 11) is 4.57. The summed E-state index contributed by atoms with van der Waals surface area (Å²) >= 11 is 0. The van der Waals surface area contributed by atoms with Crippen LogP contribution in [0.2, 0.25) is 0 Å². The molecule has 3 heteroatoms. The molecule has 2 unspecified atom stereocenters. The molecule has 0 aromatic carbocycles. The highest BCUT2D eigenvalue weighted by molar-refractivity contribution is 5.00. The molecule has 0 amide bonds. The fourth-order valence-electron chi connectivity index (χ4n) is 5.58. The molecule has 3 aliphatic heterocycles. The third kappa shape index (κ3) is 2.14. The van der Waals surface area contributed by atoms with Gasteiger partial charge in [0, 0.05) is 32.2 Å². The molecule has 0 aromatic rings. The Labute approximate surface area is 117 Å². The van der Waals surface area contributed by atoms with Crippen LogP contribution in [0.5, 0.6) is 0 Å². The Hall–Kier alpha value is -0.120. The first-order chi connectivity index (χ1) is 9.13. The van der Waals surface area contributed by atoms with Crippen LogP contribution in [0.4, 0.5) is 0 Å². The van der Waals surface area contributed by atoms with E-state index in [4.69, 9.17) is 0 Å². The van der Waals surface area contributed by atoms with Crippen molar-refractivity contribution in [3.8, 4) is 0 Å². The smallest absolute Gasteiger partial charge is 0.0102 e. The molecule has 108 valence electrons. The van der Waals surface area contributed by atoms with Gasteiger partial charge in [0.05, 0.1) is 0 Å². The van der Waals surface area contributed by atoms with Crippen LogP contribution >= 0.6 is 0 Å². The lowest BCUT2D eigenvalue weighted by Gasteiger charge is -2.53. The predicted molar refractivity (Wildman–Crippen MR) is 78.2 cm³/mol. The SMILES string of the molecule is CN1CC2CC(N3CCC4(CC3)CN(C)C4)CC2C1. The van der Waals surface area contributed by atoms with E-state index in [1.807, 2.05) is 0 Å². The van der Waals surface area contributed by atoms with Crippen LogP contribution in [-0.4, -0.2) is 74.1 Å². The zero-order chi connectivity index (χ0) is 13.0. The molecular formula is C16H29N3. The van der Waals surface area contributed by atoms with Crippen molar-refractivity contribution in [2.75, 3.05) is 53.4 Å². The summed E-state index contributed by atoms with van der Waals surface area (Å²) in [5.41, 5.74) is 0.722. The molecule has 4 rings (SSSR count). The maximum absolute atomic E-state index is 2.85. The van der Waals surface area contributed by atoms with Gasteiger partial charge in [0.15, 0.2) is 0 Å². The highest BCUT2D eigenvalue weighted by Crippen LogP contribution is 2.44. The maximum atomic E-state index is 2.85. The quantitative estimate of drug-likeness (QED) is 0.707. The Morgan fingerprint density at radius 2 is 1.42 bits per heavy atom. The minimum atomic E-state index is 0.722. The maximum Gasteiger partial charge on any atom is 0.0102 e. The minimum absolute atomic E-state index is 0.722.